The zero-order valence-electron chi connectivity index (χ0n) is 18.8. The smallest absolute Gasteiger partial charge is 0.296 e. The number of hydrogen-bond acceptors (Lipinski definition) is 7. The molecule has 1 amide bonds. The quantitative estimate of drug-likeness (QED) is 0.425. The summed E-state index contributed by atoms with van der Waals surface area (Å²) >= 11 is 1.38. The maximum atomic E-state index is 12.5. The van der Waals surface area contributed by atoms with Crippen molar-refractivity contribution in [1.29, 1.82) is 0 Å². The Bertz CT molecular complexity index is 1380. The van der Waals surface area contributed by atoms with Crippen molar-refractivity contribution in [2.45, 2.75) is 13.3 Å². The lowest BCUT2D eigenvalue weighted by Gasteiger charge is -2.26. The molecule has 0 radical (unpaired) electrons. The highest BCUT2D eigenvalue weighted by Gasteiger charge is 2.18. The molecule has 4 aromatic rings. The number of rotatable bonds is 6. The summed E-state index contributed by atoms with van der Waals surface area (Å²) in [5.74, 6) is 0.619. The molecule has 1 aliphatic heterocycles. The van der Waals surface area contributed by atoms with Gasteiger partial charge in [-0.3, -0.25) is 9.59 Å². The highest BCUT2D eigenvalue weighted by atomic mass is 32.1. The van der Waals surface area contributed by atoms with E-state index in [9.17, 15) is 9.59 Å². The van der Waals surface area contributed by atoms with Gasteiger partial charge in [0.15, 0.2) is 6.61 Å². The Labute approximate surface area is 200 Å². The lowest BCUT2D eigenvalue weighted by Crippen LogP contribution is -2.43. The topological polar surface area (TPSA) is 86.0 Å². The molecule has 9 heteroatoms. The summed E-state index contributed by atoms with van der Waals surface area (Å²) in [6.45, 7) is 4.27. The highest BCUT2D eigenvalue weighted by Crippen LogP contribution is 2.28. The number of ether oxygens (including phenoxy) is 2. The predicted octanol–water partition coefficient (Wildman–Crippen LogP) is 2.95. The van der Waals surface area contributed by atoms with Crippen LogP contribution in [0, 0.1) is 6.92 Å². The van der Waals surface area contributed by atoms with Crippen molar-refractivity contribution in [2.24, 2.45) is 0 Å². The van der Waals surface area contributed by atoms with Crippen molar-refractivity contribution in [2.75, 3.05) is 32.9 Å². The van der Waals surface area contributed by atoms with Crippen LogP contribution >= 0.6 is 11.3 Å². The Morgan fingerprint density at radius 1 is 1.15 bits per heavy atom. The number of morpholine rings is 1. The van der Waals surface area contributed by atoms with Gasteiger partial charge in [0.1, 0.15) is 11.4 Å². The van der Waals surface area contributed by atoms with Crippen LogP contribution in [0.4, 0.5) is 0 Å². The largest absolute Gasteiger partial charge is 0.483 e. The fourth-order valence-electron chi connectivity index (χ4n) is 3.90. The van der Waals surface area contributed by atoms with Gasteiger partial charge >= 0.3 is 0 Å². The molecule has 0 saturated carbocycles. The van der Waals surface area contributed by atoms with Gasteiger partial charge in [-0.25, -0.2) is 4.52 Å². The number of hydrogen-bond donors (Lipinski definition) is 0. The number of benzene rings is 2. The predicted molar refractivity (Wildman–Crippen MR) is 129 cm³/mol. The van der Waals surface area contributed by atoms with Gasteiger partial charge in [0.2, 0.25) is 4.96 Å². The summed E-state index contributed by atoms with van der Waals surface area (Å²) in [6.07, 6.45) is 0.424. The van der Waals surface area contributed by atoms with E-state index in [1.165, 1.54) is 11.3 Å². The molecule has 0 aliphatic carbocycles. The summed E-state index contributed by atoms with van der Waals surface area (Å²) in [5, 5.41) is 6.57. The minimum Gasteiger partial charge on any atom is -0.483 e. The van der Waals surface area contributed by atoms with Crippen LogP contribution in [-0.4, -0.2) is 58.3 Å². The van der Waals surface area contributed by atoms with Crippen LogP contribution in [0.5, 0.6) is 5.75 Å². The van der Waals surface area contributed by atoms with Crippen molar-refractivity contribution in [3.8, 4) is 17.0 Å². The number of carbonyl (C=O) groups excluding carboxylic acids is 1. The van der Waals surface area contributed by atoms with Crippen LogP contribution in [0.3, 0.4) is 0 Å². The molecule has 1 aliphatic rings. The van der Waals surface area contributed by atoms with Gasteiger partial charge in [0.05, 0.1) is 18.9 Å². The lowest BCUT2D eigenvalue weighted by molar-refractivity contribution is -0.137. The lowest BCUT2D eigenvalue weighted by atomic mass is 10.1. The average Bonchev–Trinajstić information content (AvgIpc) is 3.27. The van der Waals surface area contributed by atoms with Crippen LogP contribution in [-0.2, 0) is 16.0 Å². The van der Waals surface area contributed by atoms with Gasteiger partial charge in [0.25, 0.3) is 11.5 Å². The normalized spacial score (nSPS) is 13.9. The first-order valence-corrected chi connectivity index (χ1v) is 12.0. The molecule has 2 aromatic heterocycles. The zero-order valence-corrected chi connectivity index (χ0v) is 19.6. The molecule has 34 heavy (non-hydrogen) atoms. The summed E-state index contributed by atoms with van der Waals surface area (Å²) < 4.78 is 12.8. The summed E-state index contributed by atoms with van der Waals surface area (Å²) in [4.78, 5) is 31.4. The molecule has 0 unspecified atom stereocenters. The minimum atomic E-state index is -0.304. The van der Waals surface area contributed by atoms with Crippen molar-refractivity contribution in [3.05, 3.63) is 81.1 Å². The van der Waals surface area contributed by atoms with E-state index in [2.05, 4.69) is 10.1 Å². The van der Waals surface area contributed by atoms with Gasteiger partial charge in [0, 0.05) is 30.5 Å². The molecule has 1 saturated heterocycles. The summed E-state index contributed by atoms with van der Waals surface area (Å²) in [7, 11) is 0. The van der Waals surface area contributed by atoms with Gasteiger partial charge < -0.3 is 14.4 Å². The third-order valence-corrected chi connectivity index (χ3v) is 6.57. The van der Waals surface area contributed by atoms with Gasteiger partial charge in [-0.15, -0.1) is 11.3 Å². The van der Waals surface area contributed by atoms with E-state index in [0.29, 0.717) is 49.1 Å². The van der Waals surface area contributed by atoms with Crippen LogP contribution in [0.25, 0.3) is 16.2 Å². The molecule has 3 heterocycles. The molecule has 0 atom stereocenters. The van der Waals surface area contributed by atoms with Gasteiger partial charge in [-0.2, -0.15) is 10.1 Å². The third kappa shape index (κ3) is 4.71. The highest BCUT2D eigenvalue weighted by molar-refractivity contribution is 7.15. The van der Waals surface area contributed by atoms with Crippen LogP contribution in [0.15, 0.2) is 58.7 Å². The molecule has 1 fully saturated rings. The van der Waals surface area contributed by atoms with Crippen LogP contribution in [0.2, 0.25) is 0 Å². The second-order valence-electron chi connectivity index (χ2n) is 8.10. The van der Waals surface area contributed by atoms with Crippen molar-refractivity contribution >= 4 is 22.2 Å². The molecular weight excluding hydrogens is 452 g/mol. The Balaban J connectivity index is 1.37. The fourth-order valence-corrected chi connectivity index (χ4v) is 4.73. The van der Waals surface area contributed by atoms with Gasteiger partial charge in [-0.05, 0) is 36.2 Å². The molecule has 0 bridgehead atoms. The first-order valence-electron chi connectivity index (χ1n) is 11.1. The molecule has 8 nitrogen and oxygen atoms in total. The first-order chi connectivity index (χ1) is 16.6. The first kappa shape index (κ1) is 22.2. The number of carbonyl (C=O) groups is 1. The summed E-state index contributed by atoms with van der Waals surface area (Å²) in [6, 6.07) is 15.5. The Hall–Kier alpha value is -3.56. The SMILES string of the molecule is Cc1cc(-c2csc3nc(=O)c(Cc4ccccc4)nn23)ccc1OCC(=O)N1CCOCC1. The standard InChI is InChI=1S/C25H24N4O4S/c1-17-13-19(7-8-22(17)33-15-23(30)28-9-11-32-12-10-28)21-16-34-25-26-24(31)20(27-29(21)25)14-18-5-3-2-4-6-18/h2-8,13,16H,9-12,14-15H2,1H3. The number of amides is 1. The van der Waals surface area contributed by atoms with Crippen LogP contribution in [0.1, 0.15) is 16.8 Å². The van der Waals surface area contributed by atoms with Crippen LogP contribution < -0.4 is 10.3 Å². The van der Waals surface area contributed by atoms with E-state index >= 15 is 0 Å². The maximum Gasteiger partial charge on any atom is 0.296 e. The minimum absolute atomic E-state index is 0.00306. The van der Waals surface area contributed by atoms with E-state index in [-0.39, 0.29) is 18.1 Å². The molecular formula is C25H24N4O4S. The molecule has 0 spiro atoms. The molecule has 174 valence electrons. The van der Waals surface area contributed by atoms with Gasteiger partial charge in [-0.1, -0.05) is 30.3 Å². The van der Waals surface area contributed by atoms with Crippen molar-refractivity contribution in [1.82, 2.24) is 19.5 Å². The fraction of sp³-hybridized carbons (Fsp3) is 0.280. The second-order valence-corrected chi connectivity index (χ2v) is 8.94. The monoisotopic (exact) mass is 476 g/mol. The molecule has 2 aromatic carbocycles. The van der Waals surface area contributed by atoms with Crippen molar-refractivity contribution in [3.63, 3.8) is 0 Å². The number of nitrogens with zero attached hydrogens (tertiary/aromatic N) is 4. The Morgan fingerprint density at radius 2 is 1.94 bits per heavy atom. The van der Waals surface area contributed by atoms with E-state index < -0.39 is 0 Å². The molecule has 5 rings (SSSR count). The van der Waals surface area contributed by atoms with E-state index in [1.54, 1.807) is 9.42 Å². The third-order valence-electron chi connectivity index (χ3n) is 5.75. The number of aromatic nitrogens is 3. The van der Waals surface area contributed by atoms with Crippen molar-refractivity contribution < 1.29 is 14.3 Å². The summed E-state index contributed by atoms with van der Waals surface area (Å²) in [5.41, 5.74) is 3.79. The van der Waals surface area contributed by atoms with E-state index in [1.807, 2.05) is 60.8 Å². The average molecular weight is 477 g/mol. The molecule has 0 N–H and O–H groups in total. The maximum absolute atomic E-state index is 12.5. The second kappa shape index (κ2) is 9.74. The van der Waals surface area contributed by atoms with E-state index in [4.69, 9.17) is 9.47 Å². The Kier molecular flexibility index (Phi) is 6.37. The van der Waals surface area contributed by atoms with E-state index in [0.717, 1.165) is 22.4 Å². The Morgan fingerprint density at radius 3 is 2.71 bits per heavy atom. The number of thiazole rings is 1. The number of fused-ring (bicyclic) bond motifs is 1. The number of aryl methyl sites for hydroxylation is 1. The zero-order chi connectivity index (χ0) is 23.5.